The van der Waals surface area contributed by atoms with E-state index in [9.17, 15) is 9.59 Å². The highest BCUT2D eigenvalue weighted by Gasteiger charge is 2.31. The van der Waals surface area contributed by atoms with Crippen LogP contribution in [-0.4, -0.2) is 30.4 Å². The van der Waals surface area contributed by atoms with E-state index in [0.29, 0.717) is 0 Å². The van der Waals surface area contributed by atoms with Crippen molar-refractivity contribution >= 4 is 11.9 Å². The SMILES string of the molecule is COC(=O)C[C@H](C)C(=O)N1CCCCC[C@H]1c1ccco1. The van der Waals surface area contributed by atoms with Crippen molar-refractivity contribution in [2.45, 2.75) is 45.1 Å². The molecule has 0 aromatic carbocycles. The maximum atomic E-state index is 12.7. The Hall–Kier alpha value is -1.78. The molecule has 1 aliphatic heterocycles. The van der Waals surface area contributed by atoms with Gasteiger partial charge in [-0.15, -0.1) is 0 Å². The van der Waals surface area contributed by atoms with Crippen molar-refractivity contribution in [1.29, 1.82) is 0 Å². The Labute approximate surface area is 125 Å². The Morgan fingerprint density at radius 2 is 2.24 bits per heavy atom. The molecule has 0 N–H and O–H groups in total. The topological polar surface area (TPSA) is 59.8 Å². The van der Waals surface area contributed by atoms with Crippen LogP contribution in [0, 0.1) is 5.92 Å². The van der Waals surface area contributed by atoms with E-state index >= 15 is 0 Å². The zero-order valence-electron chi connectivity index (χ0n) is 12.7. The van der Waals surface area contributed by atoms with Crippen molar-refractivity contribution in [1.82, 2.24) is 4.90 Å². The standard InChI is InChI=1S/C16H23NO4/c1-12(11-15(18)20-2)16(19)17-9-5-3-4-7-13(17)14-8-6-10-21-14/h6,8,10,12-13H,3-5,7,9,11H2,1-2H3/t12-,13-/m0/s1. The van der Waals surface area contributed by atoms with Gasteiger partial charge in [-0.05, 0) is 25.0 Å². The van der Waals surface area contributed by atoms with Gasteiger partial charge in [-0.1, -0.05) is 19.8 Å². The summed E-state index contributed by atoms with van der Waals surface area (Å²) in [6.07, 6.45) is 5.86. The molecule has 1 saturated heterocycles. The van der Waals surface area contributed by atoms with E-state index in [1.807, 2.05) is 17.0 Å². The van der Waals surface area contributed by atoms with Crippen LogP contribution in [0.2, 0.25) is 0 Å². The van der Waals surface area contributed by atoms with Gasteiger partial charge in [0.15, 0.2) is 0 Å². The third-order valence-corrected chi connectivity index (χ3v) is 4.03. The minimum absolute atomic E-state index is 0.00343. The first kappa shape index (κ1) is 15.6. The van der Waals surface area contributed by atoms with Gasteiger partial charge in [0.1, 0.15) is 5.76 Å². The zero-order valence-corrected chi connectivity index (χ0v) is 12.7. The largest absolute Gasteiger partial charge is 0.469 e. The van der Waals surface area contributed by atoms with Gasteiger partial charge in [0.25, 0.3) is 0 Å². The molecule has 0 radical (unpaired) electrons. The molecule has 0 aliphatic carbocycles. The summed E-state index contributed by atoms with van der Waals surface area (Å²) in [6.45, 7) is 2.50. The summed E-state index contributed by atoms with van der Waals surface area (Å²) in [6, 6.07) is 3.75. The fraction of sp³-hybridized carbons (Fsp3) is 0.625. The third kappa shape index (κ3) is 3.86. The van der Waals surface area contributed by atoms with E-state index in [4.69, 9.17) is 4.42 Å². The lowest BCUT2D eigenvalue weighted by molar-refractivity contribution is -0.147. The van der Waals surface area contributed by atoms with E-state index in [-0.39, 0.29) is 30.3 Å². The number of carbonyl (C=O) groups is 2. The summed E-state index contributed by atoms with van der Waals surface area (Å²) < 4.78 is 10.2. The van der Waals surface area contributed by atoms with Crippen molar-refractivity contribution < 1.29 is 18.7 Å². The number of hydrogen-bond acceptors (Lipinski definition) is 4. The third-order valence-electron chi connectivity index (χ3n) is 4.03. The molecule has 1 aromatic rings. The Morgan fingerprint density at radius 1 is 1.43 bits per heavy atom. The second-order valence-corrected chi connectivity index (χ2v) is 5.59. The van der Waals surface area contributed by atoms with Crippen LogP contribution in [0.5, 0.6) is 0 Å². The van der Waals surface area contributed by atoms with Gasteiger partial charge in [-0.25, -0.2) is 0 Å². The van der Waals surface area contributed by atoms with Crippen molar-refractivity contribution in [3.63, 3.8) is 0 Å². The van der Waals surface area contributed by atoms with Crippen LogP contribution in [0.15, 0.2) is 22.8 Å². The van der Waals surface area contributed by atoms with Gasteiger partial charge in [-0.2, -0.15) is 0 Å². The molecule has 0 saturated carbocycles. The van der Waals surface area contributed by atoms with E-state index in [1.54, 1.807) is 13.2 Å². The van der Waals surface area contributed by atoms with Crippen molar-refractivity contribution in [3.8, 4) is 0 Å². The van der Waals surface area contributed by atoms with Gasteiger partial charge < -0.3 is 14.1 Å². The average molecular weight is 293 g/mol. The molecule has 116 valence electrons. The molecule has 0 bridgehead atoms. The van der Waals surface area contributed by atoms with Crippen LogP contribution in [0.4, 0.5) is 0 Å². The fourth-order valence-electron chi connectivity index (χ4n) is 2.85. The number of amides is 1. The zero-order chi connectivity index (χ0) is 15.2. The molecule has 2 atom stereocenters. The molecular weight excluding hydrogens is 270 g/mol. The van der Waals surface area contributed by atoms with Crippen molar-refractivity contribution in [2.24, 2.45) is 5.92 Å². The van der Waals surface area contributed by atoms with Crippen molar-refractivity contribution in [3.05, 3.63) is 24.2 Å². The highest BCUT2D eigenvalue weighted by atomic mass is 16.5. The fourth-order valence-corrected chi connectivity index (χ4v) is 2.85. The molecule has 2 heterocycles. The van der Waals surface area contributed by atoms with Crippen LogP contribution >= 0.6 is 0 Å². The molecule has 2 rings (SSSR count). The van der Waals surface area contributed by atoms with E-state index in [0.717, 1.165) is 38.0 Å². The second-order valence-electron chi connectivity index (χ2n) is 5.59. The number of nitrogens with zero attached hydrogens (tertiary/aromatic N) is 1. The van der Waals surface area contributed by atoms with Gasteiger partial charge in [0.2, 0.25) is 5.91 Å². The first-order chi connectivity index (χ1) is 10.1. The summed E-state index contributed by atoms with van der Waals surface area (Å²) in [5, 5.41) is 0. The van der Waals surface area contributed by atoms with E-state index in [1.165, 1.54) is 7.11 Å². The number of furan rings is 1. The molecule has 1 aromatic heterocycles. The molecule has 21 heavy (non-hydrogen) atoms. The highest BCUT2D eigenvalue weighted by Crippen LogP contribution is 2.31. The first-order valence-electron chi connectivity index (χ1n) is 7.54. The summed E-state index contributed by atoms with van der Waals surface area (Å²) in [7, 11) is 1.34. The number of rotatable bonds is 4. The number of methoxy groups -OCH3 is 1. The van der Waals surface area contributed by atoms with Gasteiger partial charge >= 0.3 is 5.97 Å². The maximum Gasteiger partial charge on any atom is 0.306 e. The molecular formula is C16H23NO4. The van der Waals surface area contributed by atoms with Gasteiger partial charge in [0, 0.05) is 12.5 Å². The minimum atomic E-state index is -0.368. The monoisotopic (exact) mass is 293 g/mol. The van der Waals surface area contributed by atoms with Crippen LogP contribution in [-0.2, 0) is 14.3 Å². The molecule has 1 aliphatic rings. The Balaban J connectivity index is 2.12. The Bertz CT molecular complexity index is 469. The summed E-state index contributed by atoms with van der Waals surface area (Å²) in [5.74, 6) is 0.118. The van der Waals surface area contributed by atoms with Crippen LogP contribution in [0.25, 0.3) is 0 Å². The first-order valence-corrected chi connectivity index (χ1v) is 7.54. The molecule has 5 nitrogen and oxygen atoms in total. The Morgan fingerprint density at radius 3 is 2.90 bits per heavy atom. The lowest BCUT2D eigenvalue weighted by Crippen LogP contribution is -2.38. The number of likely N-dealkylation sites (tertiary alicyclic amines) is 1. The predicted molar refractivity (Wildman–Crippen MR) is 77.4 cm³/mol. The maximum absolute atomic E-state index is 12.7. The van der Waals surface area contributed by atoms with E-state index in [2.05, 4.69) is 4.74 Å². The lowest BCUT2D eigenvalue weighted by atomic mass is 10.0. The molecule has 1 amide bonds. The summed E-state index contributed by atoms with van der Waals surface area (Å²) in [4.78, 5) is 25.9. The quantitative estimate of drug-likeness (QED) is 0.801. The number of hydrogen-bond donors (Lipinski definition) is 0. The number of ether oxygens (including phenoxy) is 1. The summed E-state index contributed by atoms with van der Waals surface area (Å²) in [5.41, 5.74) is 0. The lowest BCUT2D eigenvalue weighted by Gasteiger charge is -2.30. The smallest absolute Gasteiger partial charge is 0.306 e. The minimum Gasteiger partial charge on any atom is -0.469 e. The summed E-state index contributed by atoms with van der Waals surface area (Å²) >= 11 is 0. The molecule has 5 heteroatoms. The van der Waals surface area contributed by atoms with Crippen LogP contribution in [0.3, 0.4) is 0 Å². The molecule has 1 fully saturated rings. The second kappa shape index (κ2) is 7.29. The normalized spacial score (nSPS) is 20.7. The van der Waals surface area contributed by atoms with Gasteiger partial charge in [-0.3, -0.25) is 9.59 Å². The van der Waals surface area contributed by atoms with Gasteiger partial charge in [0.05, 0.1) is 25.8 Å². The predicted octanol–water partition coefficient (Wildman–Crippen LogP) is 2.92. The molecule has 0 unspecified atom stereocenters. The van der Waals surface area contributed by atoms with Crippen LogP contribution in [0.1, 0.15) is 50.8 Å². The van der Waals surface area contributed by atoms with Crippen molar-refractivity contribution in [2.75, 3.05) is 13.7 Å². The average Bonchev–Trinajstić information content (AvgIpc) is 2.90. The number of carbonyl (C=O) groups excluding carboxylic acids is 2. The van der Waals surface area contributed by atoms with E-state index < -0.39 is 0 Å². The highest BCUT2D eigenvalue weighted by molar-refractivity contribution is 5.83. The van der Waals surface area contributed by atoms with Crippen LogP contribution < -0.4 is 0 Å². The Kier molecular flexibility index (Phi) is 5.42. The molecule has 0 spiro atoms. The number of esters is 1.